The van der Waals surface area contributed by atoms with E-state index in [1.165, 1.54) is 19.2 Å². The smallest absolute Gasteiger partial charge is 0.337 e. The van der Waals surface area contributed by atoms with Gasteiger partial charge in [-0.1, -0.05) is 0 Å². The van der Waals surface area contributed by atoms with Crippen molar-refractivity contribution in [1.82, 2.24) is 0 Å². The monoisotopic (exact) mass is 353 g/mol. The zero-order valence-corrected chi connectivity index (χ0v) is 13.1. The highest BCUT2D eigenvalue weighted by atomic mass is 32.2. The van der Waals surface area contributed by atoms with Crippen molar-refractivity contribution in [3.63, 3.8) is 0 Å². The molecule has 0 saturated heterocycles. The first-order valence-electron chi connectivity index (χ1n) is 6.48. The number of hydrogen-bond donors (Lipinski definition) is 2. The van der Waals surface area contributed by atoms with Gasteiger partial charge in [0.2, 0.25) is 0 Å². The van der Waals surface area contributed by atoms with Gasteiger partial charge in [-0.15, -0.1) is 0 Å². The molecular weight excluding hydrogens is 341 g/mol. The van der Waals surface area contributed by atoms with Gasteiger partial charge in [-0.05, 0) is 42.5 Å². The second-order valence-electron chi connectivity index (χ2n) is 4.62. The molecule has 0 spiro atoms. The van der Waals surface area contributed by atoms with Crippen molar-refractivity contribution in [2.24, 2.45) is 0 Å². The number of carbonyl (C=O) groups excluding carboxylic acids is 1. The Hall–Kier alpha value is -2.94. The van der Waals surface area contributed by atoms with Crippen LogP contribution < -0.4 is 4.72 Å². The molecule has 2 rings (SSSR count). The summed E-state index contributed by atoms with van der Waals surface area (Å²) in [5, 5.41) is 8.88. The van der Waals surface area contributed by atoms with Crippen LogP contribution in [-0.2, 0) is 14.8 Å². The molecule has 0 bridgehead atoms. The Bertz CT molecular complexity index is 893. The summed E-state index contributed by atoms with van der Waals surface area (Å²) in [5.74, 6) is -2.88. The third-order valence-corrected chi connectivity index (χ3v) is 4.42. The molecular formula is C15H12FNO6S. The topological polar surface area (TPSA) is 110 Å². The Balaban J connectivity index is 2.33. The zero-order chi connectivity index (χ0) is 17.9. The molecule has 9 heteroatoms. The molecule has 126 valence electrons. The molecule has 0 atom stereocenters. The van der Waals surface area contributed by atoms with Crippen molar-refractivity contribution in [2.75, 3.05) is 11.8 Å². The summed E-state index contributed by atoms with van der Waals surface area (Å²) < 4.78 is 44.7. The molecule has 7 nitrogen and oxygen atoms in total. The highest BCUT2D eigenvalue weighted by Crippen LogP contribution is 2.21. The molecule has 2 aromatic carbocycles. The van der Waals surface area contributed by atoms with E-state index in [1.54, 1.807) is 0 Å². The van der Waals surface area contributed by atoms with E-state index in [2.05, 4.69) is 4.74 Å². The van der Waals surface area contributed by atoms with Crippen LogP contribution in [0.25, 0.3) is 0 Å². The summed E-state index contributed by atoms with van der Waals surface area (Å²) in [4.78, 5) is 22.0. The minimum atomic E-state index is -4.16. The second kappa shape index (κ2) is 6.67. The summed E-state index contributed by atoms with van der Waals surface area (Å²) in [6.07, 6.45) is 0. The Morgan fingerprint density at radius 1 is 1.08 bits per heavy atom. The quantitative estimate of drug-likeness (QED) is 0.797. The van der Waals surface area contributed by atoms with E-state index >= 15 is 0 Å². The molecule has 0 fully saturated rings. The fraction of sp³-hybridized carbons (Fsp3) is 0.0667. The average molecular weight is 353 g/mol. The maximum Gasteiger partial charge on any atom is 0.337 e. The predicted molar refractivity (Wildman–Crippen MR) is 81.9 cm³/mol. The lowest BCUT2D eigenvalue weighted by molar-refractivity contribution is 0.0599. The first kappa shape index (κ1) is 17.4. The first-order valence-corrected chi connectivity index (χ1v) is 7.97. The molecule has 0 aliphatic rings. The van der Waals surface area contributed by atoms with Gasteiger partial charge in [0.15, 0.2) is 0 Å². The fourth-order valence-electron chi connectivity index (χ4n) is 1.83. The zero-order valence-electron chi connectivity index (χ0n) is 12.3. The molecule has 0 radical (unpaired) electrons. The molecule has 0 amide bonds. The SMILES string of the molecule is COC(=O)c1ccc(S(=O)(=O)Nc2cc(C(=O)O)ccc2F)cc1. The Morgan fingerprint density at radius 3 is 2.21 bits per heavy atom. The maximum absolute atomic E-state index is 13.7. The number of rotatable bonds is 5. The molecule has 24 heavy (non-hydrogen) atoms. The molecule has 0 saturated carbocycles. The van der Waals surface area contributed by atoms with E-state index in [1.807, 2.05) is 4.72 Å². The summed E-state index contributed by atoms with van der Waals surface area (Å²) in [5.41, 5.74) is -0.613. The number of benzene rings is 2. The van der Waals surface area contributed by atoms with Gasteiger partial charge < -0.3 is 9.84 Å². The molecule has 2 aromatic rings. The number of carbonyl (C=O) groups is 2. The van der Waals surface area contributed by atoms with Crippen LogP contribution in [0.3, 0.4) is 0 Å². The van der Waals surface area contributed by atoms with Gasteiger partial charge in [0.05, 0.1) is 28.8 Å². The minimum absolute atomic E-state index is 0.149. The first-order chi connectivity index (χ1) is 11.2. The van der Waals surface area contributed by atoms with Crippen LogP contribution in [0.5, 0.6) is 0 Å². The molecule has 0 aliphatic carbocycles. The number of sulfonamides is 1. The van der Waals surface area contributed by atoms with Gasteiger partial charge in [0.1, 0.15) is 5.82 Å². The summed E-state index contributed by atoms with van der Waals surface area (Å²) in [7, 11) is -2.98. The van der Waals surface area contributed by atoms with Crippen molar-refractivity contribution in [2.45, 2.75) is 4.90 Å². The number of ether oxygens (including phenoxy) is 1. The van der Waals surface area contributed by atoms with E-state index in [9.17, 15) is 22.4 Å². The normalized spacial score (nSPS) is 10.9. The number of carboxylic acid groups (broad SMARTS) is 1. The van der Waals surface area contributed by atoms with E-state index in [0.717, 1.165) is 30.3 Å². The number of halogens is 1. The minimum Gasteiger partial charge on any atom is -0.478 e. The van der Waals surface area contributed by atoms with Crippen LogP contribution in [0.2, 0.25) is 0 Å². The number of methoxy groups -OCH3 is 1. The number of anilines is 1. The fourth-order valence-corrected chi connectivity index (χ4v) is 2.89. The lowest BCUT2D eigenvalue weighted by Crippen LogP contribution is -2.15. The average Bonchev–Trinajstić information content (AvgIpc) is 2.55. The van der Waals surface area contributed by atoms with Gasteiger partial charge >= 0.3 is 11.9 Å². The van der Waals surface area contributed by atoms with Gasteiger partial charge in [-0.3, -0.25) is 4.72 Å². The van der Waals surface area contributed by atoms with Crippen molar-refractivity contribution in [1.29, 1.82) is 0 Å². The third kappa shape index (κ3) is 3.69. The third-order valence-electron chi connectivity index (χ3n) is 3.04. The van der Waals surface area contributed by atoms with Gasteiger partial charge in [-0.2, -0.15) is 0 Å². The molecule has 0 aromatic heterocycles. The van der Waals surface area contributed by atoms with Crippen LogP contribution in [0.4, 0.5) is 10.1 Å². The van der Waals surface area contributed by atoms with Crippen LogP contribution in [0, 0.1) is 5.82 Å². The number of esters is 1. The lowest BCUT2D eigenvalue weighted by Gasteiger charge is -2.10. The highest BCUT2D eigenvalue weighted by Gasteiger charge is 2.18. The number of carboxylic acids is 1. The Labute approximate surface area is 136 Å². The summed E-state index contributed by atoms with van der Waals surface area (Å²) in [6.45, 7) is 0. The number of hydrogen-bond acceptors (Lipinski definition) is 5. The molecule has 2 N–H and O–H groups in total. The molecule has 0 unspecified atom stereocenters. The van der Waals surface area contributed by atoms with Crippen LogP contribution in [0.15, 0.2) is 47.4 Å². The second-order valence-corrected chi connectivity index (χ2v) is 6.30. The van der Waals surface area contributed by atoms with E-state index in [-0.39, 0.29) is 16.0 Å². The van der Waals surface area contributed by atoms with Gasteiger partial charge in [0.25, 0.3) is 10.0 Å². The van der Waals surface area contributed by atoms with Crippen LogP contribution >= 0.6 is 0 Å². The number of nitrogens with one attached hydrogen (secondary N) is 1. The molecule has 0 heterocycles. The lowest BCUT2D eigenvalue weighted by atomic mass is 10.2. The largest absolute Gasteiger partial charge is 0.478 e. The van der Waals surface area contributed by atoms with E-state index in [4.69, 9.17) is 5.11 Å². The highest BCUT2D eigenvalue weighted by molar-refractivity contribution is 7.92. The summed E-state index contributed by atoms with van der Waals surface area (Å²) in [6, 6.07) is 7.51. The van der Waals surface area contributed by atoms with Crippen molar-refractivity contribution in [3.05, 3.63) is 59.4 Å². The van der Waals surface area contributed by atoms with Crippen LogP contribution in [0.1, 0.15) is 20.7 Å². The molecule has 0 aliphatic heterocycles. The van der Waals surface area contributed by atoms with Gasteiger partial charge in [-0.25, -0.2) is 22.4 Å². The Kier molecular flexibility index (Phi) is 4.84. The van der Waals surface area contributed by atoms with Crippen molar-refractivity contribution in [3.8, 4) is 0 Å². The van der Waals surface area contributed by atoms with Crippen LogP contribution in [-0.4, -0.2) is 32.6 Å². The van der Waals surface area contributed by atoms with Crippen molar-refractivity contribution >= 4 is 27.6 Å². The maximum atomic E-state index is 13.7. The van der Waals surface area contributed by atoms with E-state index in [0.29, 0.717) is 0 Å². The number of aromatic carboxylic acids is 1. The van der Waals surface area contributed by atoms with Gasteiger partial charge in [0, 0.05) is 0 Å². The predicted octanol–water partition coefficient (Wildman–Crippen LogP) is 2.11. The standard InChI is InChI=1S/C15H12FNO6S/c1-23-15(20)9-2-5-11(6-3-9)24(21,22)17-13-8-10(14(18)19)4-7-12(13)16/h2-8,17H,1H3,(H,18,19). The summed E-state index contributed by atoms with van der Waals surface area (Å²) >= 11 is 0. The van der Waals surface area contributed by atoms with E-state index < -0.39 is 33.5 Å². The Morgan fingerprint density at radius 2 is 1.67 bits per heavy atom. The van der Waals surface area contributed by atoms with Crippen molar-refractivity contribution < 1.29 is 32.2 Å².